The van der Waals surface area contributed by atoms with Crippen molar-refractivity contribution in [3.8, 4) is 0 Å². The predicted octanol–water partition coefficient (Wildman–Crippen LogP) is 1.37. The molecule has 5 nitrogen and oxygen atoms in total. The average Bonchev–Trinajstić information content (AvgIpc) is 2.98. The van der Waals surface area contributed by atoms with Gasteiger partial charge < -0.3 is 9.88 Å². The van der Waals surface area contributed by atoms with Crippen molar-refractivity contribution in [1.29, 1.82) is 0 Å². The number of amides is 1. The van der Waals surface area contributed by atoms with Gasteiger partial charge in [-0.05, 0) is 12.8 Å². The Balaban J connectivity index is 2.01. The molecule has 0 radical (unpaired) electrons. The number of piperazine rings is 1. The maximum absolute atomic E-state index is 12.1. The van der Waals surface area contributed by atoms with Gasteiger partial charge in [0.15, 0.2) is 0 Å². The summed E-state index contributed by atoms with van der Waals surface area (Å²) in [5, 5.41) is 0. The molecule has 1 N–H and O–H groups in total. The number of carbonyl (C=O) groups excluding carboxylic acids is 1. The van der Waals surface area contributed by atoms with E-state index in [9.17, 15) is 4.79 Å². The lowest BCUT2D eigenvalue weighted by Crippen LogP contribution is -2.50. The highest BCUT2D eigenvalue weighted by molar-refractivity contribution is 7.98. The molecule has 1 amide bonds. The minimum atomic E-state index is 0.201. The zero-order valence-corrected chi connectivity index (χ0v) is 12.4. The number of imidazole rings is 1. The summed E-state index contributed by atoms with van der Waals surface area (Å²) in [7, 11) is 0. The van der Waals surface area contributed by atoms with Gasteiger partial charge in [-0.25, -0.2) is 4.98 Å². The Labute approximate surface area is 118 Å². The number of hydrogen-bond acceptors (Lipinski definition) is 4. The molecule has 1 aliphatic heterocycles. The van der Waals surface area contributed by atoms with Gasteiger partial charge in [0.05, 0.1) is 6.04 Å². The summed E-state index contributed by atoms with van der Waals surface area (Å²) in [5.41, 5.74) is 0. The van der Waals surface area contributed by atoms with Crippen LogP contribution >= 0.6 is 11.8 Å². The lowest BCUT2D eigenvalue weighted by atomic mass is 10.1. The maximum atomic E-state index is 12.1. The van der Waals surface area contributed by atoms with Crippen LogP contribution in [0.2, 0.25) is 0 Å². The number of hydrogen-bond donors (Lipinski definition) is 1. The highest BCUT2D eigenvalue weighted by Crippen LogP contribution is 2.22. The van der Waals surface area contributed by atoms with Crippen molar-refractivity contribution in [2.24, 2.45) is 0 Å². The van der Waals surface area contributed by atoms with Gasteiger partial charge >= 0.3 is 0 Å². The molecule has 1 aromatic rings. The van der Waals surface area contributed by atoms with Crippen LogP contribution in [-0.2, 0) is 4.79 Å². The van der Waals surface area contributed by atoms with Gasteiger partial charge in [-0.3, -0.25) is 9.69 Å². The third-order valence-corrected chi connectivity index (χ3v) is 4.22. The first-order valence-electron chi connectivity index (χ1n) is 6.76. The smallest absolute Gasteiger partial charge is 0.223 e. The lowest BCUT2D eigenvalue weighted by molar-refractivity contribution is -0.133. The first-order valence-corrected chi connectivity index (χ1v) is 8.15. The Morgan fingerprint density at radius 1 is 1.58 bits per heavy atom. The van der Waals surface area contributed by atoms with Crippen molar-refractivity contribution in [1.82, 2.24) is 19.8 Å². The molecular formula is C13H22N4OS. The fourth-order valence-electron chi connectivity index (χ4n) is 2.49. The van der Waals surface area contributed by atoms with Gasteiger partial charge in [0, 0.05) is 44.2 Å². The van der Waals surface area contributed by atoms with Gasteiger partial charge in [0.2, 0.25) is 5.91 Å². The number of thioether (sulfide) groups is 1. The maximum Gasteiger partial charge on any atom is 0.223 e. The number of H-pyrrole nitrogens is 1. The van der Waals surface area contributed by atoms with Crippen LogP contribution < -0.4 is 0 Å². The minimum absolute atomic E-state index is 0.201. The summed E-state index contributed by atoms with van der Waals surface area (Å²) in [4.78, 5) is 24.0. The molecule has 19 heavy (non-hydrogen) atoms. The summed E-state index contributed by atoms with van der Waals surface area (Å²) < 4.78 is 0. The molecular weight excluding hydrogens is 260 g/mol. The van der Waals surface area contributed by atoms with Crippen LogP contribution in [0.15, 0.2) is 12.4 Å². The van der Waals surface area contributed by atoms with E-state index in [2.05, 4.69) is 21.8 Å². The highest BCUT2D eigenvalue weighted by Gasteiger charge is 2.30. The number of likely N-dealkylation sites (N-methyl/N-ethyl adjacent to an activating group) is 1. The Bertz CT molecular complexity index is 395. The highest BCUT2D eigenvalue weighted by atomic mass is 32.2. The molecule has 1 saturated heterocycles. The molecule has 0 saturated carbocycles. The van der Waals surface area contributed by atoms with Crippen LogP contribution in [0, 0.1) is 0 Å². The molecule has 0 bridgehead atoms. The average molecular weight is 282 g/mol. The molecule has 6 heteroatoms. The molecule has 1 unspecified atom stereocenters. The number of carbonyl (C=O) groups is 1. The van der Waals surface area contributed by atoms with Crippen LogP contribution in [-0.4, -0.2) is 63.9 Å². The second-order valence-electron chi connectivity index (χ2n) is 4.70. The van der Waals surface area contributed by atoms with Crippen molar-refractivity contribution in [3.63, 3.8) is 0 Å². The summed E-state index contributed by atoms with van der Waals surface area (Å²) in [6.07, 6.45) is 6.29. The molecule has 1 atom stereocenters. The SMILES string of the molecule is CCN1CCN(C(=O)CCSC)CC1c1ncc[nH]1. The van der Waals surface area contributed by atoms with Crippen molar-refractivity contribution in [3.05, 3.63) is 18.2 Å². The predicted molar refractivity (Wildman–Crippen MR) is 78.2 cm³/mol. The third kappa shape index (κ3) is 3.51. The van der Waals surface area contributed by atoms with Gasteiger partial charge in [0.25, 0.3) is 0 Å². The van der Waals surface area contributed by atoms with Crippen LogP contribution in [0.3, 0.4) is 0 Å². The number of rotatable bonds is 5. The van der Waals surface area contributed by atoms with Crippen molar-refractivity contribution in [2.75, 3.05) is 38.2 Å². The van der Waals surface area contributed by atoms with Crippen LogP contribution in [0.4, 0.5) is 0 Å². The van der Waals surface area contributed by atoms with E-state index in [1.165, 1.54) is 0 Å². The zero-order valence-electron chi connectivity index (χ0n) is 11.6. The van der Waals surface area contributed by atoms with Gasteiger partial charge in [-0.2, -0.15) is 11.8 Å². The molecule has 0 aliphatic carbocycles. The van der Waals surface area contributed by atoms with Crippen LogP contribution in [0.1, 0.15) is 25.2 Å². The number of aromatic amines is 1. The van der Waals surface area contributed by atoms with E-state index in [-0.39, 0.29) is 11.9 Å². The quantitative estimate of drug-likeness (QED) is 0.886. The second-order valence-corrected chi connectivity index (χ2v) is 5.69. The van der Waals surface area contributed by atoms with E-state index in [0.717, 1.165) is 37.8 Å². The number of nitrogens with one attached hydrogen (secondary N) is 1. The van der Waals surface area contributed by atoms with E-state index < -0.39 is 0 Å². The molecule has 0 spiro atoms. The third-order valence-electron chi connectivity index (χ3n) is 3.61. The molecule has 1 fully saturated rings. The van der Waals surface area contributed by atoms with Gasteiger partial charge in [0.1, 0.15) is 5.82 Å². The fraction of sp³-hybridized carbons (Fsp3) is 0.692. The fourth-order valence-corrected chi connectivity index (χ4v) is 2.87. The largest absolute Gasteiger partial charge is 0.347 e. The van der Waals surface area contributed by atoms with E-state index in [1.807, 2.05) is 17.4 Å². The van der Waals surface area contributed by atoms with Gasteiger partial charge in [-0.15, -0.1) is 0 Å². The van der Waals surface area contributed by atoms with E-state index in [4.69, 9.17) is 0 Å². The lowest BCUT2D eigenvalue weighted by Gasteiger charge is -2.40. The Morgan fingerprint density at radius 2 is 2.42 bits per heavy atom. The van der Waals surface area contributed by atoms with Crippen LogP contribution in [0.25, 0.3) is 0 Å². The Hall–Kier alpha value is -1.01. The molecule has 2 heterocycles. The zero-order chi connectivity index (χ0) is 13.7. The summed E-state index contributed by atoms with van der Waals surface area (Å²) in [5.74, 6) is 2.13. The summed E-state index contributed by atoms with van der Waals surface area (Å²) >= 11 is 1.72. The summed E-state index contributed by atoms with van der Waals surface area (Å²) in [6.45, 7) is 5.64. The van der Waals surface area contributed by atoms with Crippen LogP contribution in [0.5, 0.6) is 0 Å². The Morgan fingerprint density at radius 3 is 3.05 bits per heavy atom. The van der Waals surface area contributed by atoms with Crippen molar-refractivity contribution >= 4 is 17.7 Å². The summed E-state index contributed by atoms with van der Waals surface area (Å²) in [6, 6.07) is 0.201. The standard InChI is InChI=1S/C13H22N4OS/c1-3-16-7-8-17(12(18)4-9-19-2)10-11(16)13-14-5-6-15-13/h5-6,11H,3-4,7-10H2,1-2H3,(H,14,15). The van der Waals surface area contributed by atoms with Gasteiger partial charge in [-0.1, -0.05) is 6.92 Å². The number of nitrogens with zero attached hydrogens (tertiary/aromatic N) is 3. The van der Waals surface area contributed by atoms with E-state index in [0.29, 0.717) is 6.42 Å². The second kappa shape index (κ2) is 6.96. The minimum Gasteiger partial charge on any atom is -0.347 e. The molecule has 1 aliphatic rings. The molecule has 2 rings (SSSR count). The van der Waals surface area contributed by atoms with E-state index in [1.54, 1.807) is 18.0 Å². The van der Waals surface area contributed by atoms with Crippen molar-refractivity contribution in [2.45, 2.75) is 19.4 Å². The molecule has 106 valence electrons. The number of aromatic nitrogens is 2. The Kier molecular flexibility index (Phi) is 5.27. The van der Waals surface area contributed by atoms with E-state index >= 15 is 0 Å². The first-order chi connectivity index (χ1) is 9.26. The molecule has 0 aromatic carbocycles. The van der Waals surface area contributed by atoms with Crippen molar-refractivity contribution < 1.29 is 4.79 Å². The normalized spacial score (nSPS) is 20.7. The topological polar surface area (TPSA) is 52.2 Å². The monoisotopic (exact) mass is 282 g/mol. The first kappa shape index (κ1) is 14.4. The molecule has 1 aromatic heterocycles.